The van der Waals surface area contributed by atoms with E-state index in [0.717, 1.165) is 74.2 Å². The highest BCUT2D eigenvalue weighted by atomic mass is 16.1. The van der Waals surface area contributed by atoms with Gasteiger partial charge in [0.05, 0.1) is 17.3 Å². The Morgan fingerprint density at radius 2 is 1.59 bits per heavy atom. The molecule has 5 heteroatoms. The van der Waals surface area contributed by atoms with Crippen molar-refractivity contribution in [1.82, 2.24) is 15.3 Å². The van der Waals surface area contributed by atoms with Crippen LogP contribution in [0, 0.1) is 0 Å². The molecule has 2 aliphatic rings. The molecule has 1 amide bonds. The predicted octanol–water partition coefficient (Wildman–Crippen LogP) is 6.58. The fraction of sp³-hybridized carbons (Fsp3) is 0.344. The molecule has 0 bridgehead atoms. The van der Waals surface area contributed by atoms with Gasteiger partial charge in [-0.05, 0) is 54.5 Å². The van der Waals surface area contributed by atoms with Crippen molar-refractivity contribution in [1.29, 1.82) is 0 Å². The minimum Gasteiger partial charge on any atom is -0.345 e. The molecule has 1 N–H and O–H groups in total. The summed E-state index contributed by atoms with van der Waals surface area (Å²) in [7, 11) is 0. The summed E-state index contributed by atoms with van der Waals surface area (Å²) < 4.78 is 0. The number of amides is 1. The number of hydrogen-bond donors (Lipinski definition) is 1. The molecule has 6 rings (SSSR count). The lowest BCUT2D eigenvalue weighted by atomic mass is 9.74. The number of aromatic nitrogens is 2. The Balaban J connectivity index is 1.41. The molecule has 1 aromatic heterocycles. The Morgan fingerprint density at radius 3 is 2.38 bits per heavy atom. The van der Waals surface area contributed by atoms with E-state index in [0.29, 0.717) is 5.56 Å². The van der Waals surface area contributed by atoms with Gasteiger partial charge in [0.25, 0.3) is 5.91 Å². The second-order valence-electron chi connectivity index (χ2n) is 10.5. The second-order valence-corrected chi connectivity index (χ2v) is 10.5. The first-order valence-corrected chi connectivity index (χ1v) is 13.6. The topological polar surface area (TPSA) is 58.1 Å². The van der Waals surface area contributed by atoms with E-state index in [2.05, 4.69) is 77.8 Å². The number of rotatable bonds is 6. The van der Waals surface area contributed by atoms with E-state index < -0.39 is 0 Å². The van der Waals surface area contributed by atoms with Gasteiger partial charge in [-0.15, -0.1) is 0 Å². The highest BCUT2D eigenvalue weighted by molar-refractivity contribution is 5.96. The van der Waals surface area contributed by atoms with Crippen LogP contribution in [0.3, 0.4) is 0 Å². The van der Waals surface area contributed by atoms with E-state index in [9.17, 15) is 4.79 Å². The van der Waals surface area contributed by atoms with Gasteiger partial charge in [-0.2, -0.15) is 0 Å². The molecule has 0 spiro atoms. The number of fused-ring (bicyclic) bond motifs is 1. The normalized spacial score (nSPS) is 17.7. The number of carbonyl (C=O) groups is 1. The summed E-state index contributed by atoms with van der Waals surface area (Å²) in [6, 6.07) is 25.1. The lowest BCUT2D eigenvalue weighted by Crippen LogP contribution is -2.34. The van der Waals surface area contributed by atoms with Gasteiger partial charge in [0.1, 0.15) is 0 Å². The molecule has 188 valence electrons. The van der Waals surface area contributed by atoms with Crippen LogP contribution in [0.1, 0.15) is 78.7 Å². The van der Waals surface area contributed by atoms with E-state index in [4.69, 9.17) is 9.97 Å². The average Bonchev–Trinajstić information content (AvgIpc) is 3.67. The quantitative estimate of drug-likeness (QED) is 0.332. The fourth-order valence-corrected chi connectivity index (χ4v) is 6.35. The van der Waals surface area contributed by atoms with Gasteiger partial charge >= 0.3 is 0 Å². The molecule has 1 aliphatic heterocycles. The summed E-state index contributed by atoms with van der Waals surface area (Å²) >= 11 is 0. The first-order valence-electron chi connectivity index (χ1n) is 13.6. The van der Waals surface area contributed by atoms with Crippen molar-refractivity contribution in [2.45, 2.75) is 56.9 Å². The van der Waals surface area contributed by atoms with Crippen LogP contribution in [-0.2, 0) is 5.41 Å². The second kappa shape index (κ2) is 9.97. The van der Waals surface area contributed by atoms with E-state index >= 15 is 0 Å². The molecule has 1 aliphatic carbocycles. The standard InChI is InChI=1S/C32H34N4O/c1-23(26-17-11-13-24-12-5-6-16-27(24)26)34-30(37)28-22-33-31(36-20-9-10-21-36)35-29(28)32(18-7-8-19-32)25-14-3-2-4-15-25/h2-6,11-17,22-23H,7-10,18-21H2,1H3,(H,34,37). The Bertz CT molecular complexity index is 1400. The van der Waals surface area contributed by atoms with Crippen molar-refractivity contribution < 1.29 is 4.79 Å². The first kappa shape index (κ1) is 23.7. The van der Waals surface area contributed by atoms with Gasteiger partial charge in [-0.3, -0.25) is 4.79 Å². The lowest BCUT2D eigenvalue weighted by molar-refractivity contribution is 0.0937. The Labute approximate surface area is 219 Å². The van der Waals surface area contributed by atoms with Crippen LogP contribution in [0.5, 0.6) is 0 Å². The fourth-order valence-electron chi connectivity index (χ4n) is 6.35. The molecule has 4 aromatic rings. The molecule has 3 aromatic carbocycles. The van der Waals surface area contributed by atoms with Crippen LogP contribution in [0.25, 0.3) is 10.8 Å². The van der Waals surface area contributed by atoms with Gasteiger partial charge in [-0.25, -0.2) is 9.97 Å². The third-order valence-electron chi connectivity index (χ3n) is 8.28. The zero-order valence-electron chi connectivity index (χ0n) is 21.5. The molecule has 0 radical (unpaired) electrons. The van der Waals surface area contributed by atoms with Crippen molar-refractivity contribution in [3.8, 4) is 0 Å². The number of anilines is 1. The molecule has 1 saturated carbocycles. The third-order valence-corrected chi connectivity index (χ3v) is 8.28. The van der Waals surface area contributed by atoms with Gasteiger partial charge in [0.2, 0.25) is 5.95 Å². The van der Waals surface area contributed by atoms with Gasteiger partial charge in [0, 0.05) is 24.7 Å². The average molecular weight is 491 g/mol. The summed E-state index contributed by atoms with van der Waals surface area (Å²) in [5, 5.41) is 5.63. The maximum absolute atomic E-state index is 13.9. The maximum atomic E-state index is 13.9. The van der Waals surface area contributed by atoms with Crippen molar-refractivity contribution in [3.63, 3.8) is 0 Å². The van der Waals surface area contributed by atoms with Gasteiger partial charge < -0.3 is 10.2 Å². The molecular weight excluding hydrogens is 456 g/mol. The molecule has 1 atom stereocenters. The van der Waals surface area contributed by atoms with Crippen LogP contribution in [0.2, 0.25) is 0 Å². The molecule has 5 nitrogen and oxygen atoms in total. The summed E-state index contributed by atoms with van der Waals surface area (Å²) in [6.07, 6.45) is 8.35. The number of carbonyl (C=O) groups excluding carboxylic acids is 1. The van der Waals surface area contributed by atoms with Crippen molar-refractivity contribution >= 4 is 22.6 Å². The minimum atomic E-state index is -0.270. The van der Waals surface area contributed by atoms with Crippen LogP contribution in [0.15, 0.2) is 79.0 Å². The summed E-state index contributed by atoms with van der Waals surface area (Å²) in [5.41, 5.74) is 3.57. The zero-order valence-corrected chi connectivity index (χ0v) is 21.5. The molecule has 1 unspecified atom stereocenters. The molecule has 37 heavy (non-hydrogen) atoms. The van der Waals surface area contributed by atoms with Gasteiger partial charge in [0.15, 0.2) is 0 Å². The van der Waals surface area contributed by atoms with Crippen LogP contribution in [-0.4, -0.2) is 29.0 Å². The molecule has 1 saturated heterocycles. The predicted molar refractivity (Wildman–Crippen MR) is 149 cm³/mol. The van der Waals surface area contributed by atoms with Crippen molar-refractivity contribution in [2.75, 3.05) is 18.0 Å². The van der Waals surface area contributed by atoms with E-state index in [1.165, 1.54) is 10.9 Å². The number of benzene rings is 3. The molecular formula is C32H34N4O. The van der Waals surface area contributed by atoms with Crippen molar-refractivity contribution in [2.24, 2.45) is 0 Å². The summed E-state index contributed by atoms with van der Waals surface area (Å²) in [4.78, 5) is 26.1. The highest BCUT2D eigenvalue weighted by Crippen LogP contribution is 2.47. The number of hydrogen-bond acceptors (Lipinski definition) is 4. The monoisotopic (exact) mass is 490 g/mol. The molecule has 2 fully saturated rings. The highest BCUT2D eigenvalue weighted by Gasteiger charge is 2.42. The van der Waals surface area contributed by atoms with E-state index in [1.54, 1.807) is 6.20 Å². The smallest absolute Gasteiger partial charge is 0.255 e. The van der Waals surface area contributed by atoms with Crippen LogP contribution in [0.4, 0.5) is 5.95 Å². The van der Waals surface area contributed by atoms with E-state index in [-0.39, 0.29) is 17.4 Å². The number of nitrogens with one attached hydrogen (secondary N) is 1. The first-order chi connectivity index (χ1) is 18.2. The SMILES string of the molecule is CC(NC(=O)c1cnc(N2CCCC2)nc1C1(c2ccccc2)CCCC1)c1cccc2ccccc12. The van der Waals surface area contributed by atoms with E-state index in [1.807, 2.05) is 12.1 Å². The number of nitrogens with zero attached hydrogens (tertiary/aromatic N) is 3. The zero-order chi connectivity index (χ0) is 25.2. The third kappa shape index (κ3) is 4.37. The van der Waals surface area contributed by atoms with Crippen LogP contribution < -0.4 is 10.2 Å². The largest absolute Gasteiger partial charge is 0.345 e. The van der Waals surface area contributed by atoms with Crippen LogP contribution >= 0.6 is 0 Å². The molecule has 2 heterocycles. The lowest BCUT2D eigenvalue weighted by Gasteiger charge is -2.32. The Hall–Kier alpha value is -3.73. The maximum Gasteiger partial charge on any atom is 0.255 e. The Kier molecular flexibility index (Phi) is 6.37. The van der Waals surface area contributed by atoms with Gasteiger partial charge in [-0.1, -0.05) is 85.6 Å². The minimum absolute atomic E-state index is 0.106. The summed E-state index contributed by atoms with van der Waals surface area (Å²) in [5.74, 6) is 0.652. The summed E-state index contributed by atoms with van der Waals surface area (Å²) in [6.45, 7) is 4.00. The van der Waals surface area contributed by atoms with Crippen molar-refractivity contribution in [3.05, 3.63) is 101 Å². The Morgan fingerprint density at radius 1 is 0.892 bits per heavy atom.